The first-order chi connectivity index (χ1) is 11.0. The minimum atomic E-state index is -0.498. The van der Waals surface area contributed by atoms with Crippen molar-refractivity contribution < 1.29 is 19.1 Å². The summed E-state index contributed by atoms with van der Waals surface area (Å²) in [6.45, 7) is 1.45. The van der Waals surface area contributed by atoms with E-state index in [2.05, 4.69) is 10.6 Å². The number of ether oxygens (including phenoxy) is 2. The Labute approximate surface area is 136 Å². The zero-order valence-electron chi connectivity index (χ0n) is 14.1. The summed E-state index contributed by atoms with van der Waals surface area (Å²) < 4.78 is 10.3. The second-order valence-electron chi connectivity index (χ2n) is 5.26. The maximum absolute atomic E-state index is 11.9. The number of alkyl carbamates (subject to hydrolysis) is 1. The van der Waals surface area contributed by atoms with E-state index in [0.717, 1.165) is 13.0 Å². The molecule has 128 valence electrons. The topological polar surface area (TPSA) is 79.9 Å². The number of carbonyl (C=O) groups excluding carboxylic acids is 2. The standard InChI is InChI=1S/C16H25N3O4/c1-17-15(20)14-10-13(22-4)7-6-12(14)11-23-16(21)18-8-5-9-19(2)3/h6-7,10H,5,8-9,11H2,1-4H3,(H,17,20)(H,18,21). The van der Waals surface area contributed by atoms with Crippen molar-refractivity contribution in [2.24, 2.45) is 0 Å². The molecule has 0 radical (unpaired) electrons. The molecule has 0 fully saturated rings. The van der Waals surface area contributed by atoms with Crippen LogP contribution in [0.1, 0.15) is 22.3 Å². The normalized spacial score (nSPS) is 10.3. The van der Waals surface area contributed by atoms with Crippen LogP contribution < -0.4 is 15.4 Å². The van der Waals surface area contributed by atoms with Crippen LogP contribution in [0.25, 0.3) is 0 Å². The summed E-state index contributed by atoms with van der Waals surface area (Å²) in [5.41, 5.74) is 1.04. The van der Waals surface area contributed by atoms with Gasteiger partial charge in [-0.25, -0.2) is 4.79 Å². The smallest absolute Gasteiger partial charge is 0.407 e. The Balaban J connectivity index is 2.56. The number of rotatable bonds is 8. The third kappa shape index (κ3) is 6.56. The lowest BCUT2D eigenvalue weighted by Crippen LogP contribution is -2.28. The van der Waals surface area contributed by atoms with Crippen LogP contribution in [0, 0.1) is 0 Å². The summed E-state index contributed by atoms with van der Waals surface area (Å²) in [4.78, 5) is 25.6. The van der Waals surface area contributed by atoms with Crippen LogP contribution in [-0.2, 0) is 11.3 Å². The van der Waals surface area contributed by atoms with Gasteiger partial charge in [0, 0.05) is 24.7 Å². The van der Waals surface area contributed by atoms with E-state index in [1.807, 2.05) is 19.0 Å². The van der Waals surface area contributed by atoms with Gasteiger partial charge < -0.3 is 25.0 Å². The predicted octanol–water partition coefficient (Wildman–Crippen LogP) is 1.23. The first kappa shape index (κ1) is 18.8. The van der Waals surface area contributed by atoms with Crippen molar-refractivity contribution in [1.82, 2.24) is 15.5 Å². The van der Waals surface area contributed by atoms with Crippen molar-refractivity contribution in [2.45, 2.75) is 13.0 Å². The van der Waals surface area contributed by atoms with Gasteiger partial charge in [0.05, 0.1) is 7.11 Å². The lowest BCUT2D eigenvalue weighted by molar-refractivity contribution is 0.0956. The third-order valence-corrected chi connectivity index (χ3v) is 3.20. The first-order valence-electron chi connectivity index (χ1n) is 7.42. The fourth-order valence-electron chi connectivity index (χ4n) is 1.93. The van der Waals surface area contributed by atoms with Crippen molar-refractivity contribution >= 4 is 12.0 Å². The van der Waals surface area contributed by atoms with Gasteiger partial charge in [-0.1, -0.05) is 6.07 Å². The molecule has 0 spiro atoms. The van der Waals surface area contributed by atoms with Gasteiger partial charge in [-0.05, 0) is 39.2 Å². The summed E-state index contributed by atoms with van der Waals surface area (Å²) >= 11 is 0. The molecule has 0 aliphatic rings. The average molecular weight is 323 g/mol. The number of benzene rings is 1. The largest absolute Gasteiger partial charge is 0.497 e. The molecule has 0 aromatic heterocycles. The van der Waals surface area contributed by atoms with Crippen molar-refractivity contribution in [3.05, 3.63) is 29.3 Å². The van der Waals surface area contributed by atoms with Crippen molar-refractivity contribution in [3.63, 3.8) is 0 Å². The highest BCUT2D eigenvalue weighted by molar-refractivity contribution is 5.95. The molecule has 7 heteroatoms. The van der Waals surface area contributed by atoms with E-state index in [-0.39, 0.29) is 12.5 Å². The molecule has 1 rings (SSSR count). The summed E-state index contributed by atoms with van der Waals surface area (Å²) in [6, 6.07) is 5.05. The number of nitrogens with zero attached hydrogens (tertiary/aromatic N) is 1. The molecule has 23 heavy (non-hydrogen) atoms. The predicted molar refractivity (Wildman–Crippen MR) is 87.7 cm³/mol. The Bertz CT molecular complexity index is 532. The van der Waals surface area contributed by atoms with Crippen LogP contribution in [0.4, 0.5) is 4.79 Å². The summed E-state index contributed by atoms with van der Waals surface area (Å²) in [7, 11) is 7.02. The van der Waals surface area contributed by atoms with Crippen LogP contribution in [0.2, 0.25) is 0 Å². The molecule has 1 aromatic rings. The van der Waals surface area contributed by atoms with E-state index in [9.17, 15) is 9.59 Å². The summed E-state index contributed by atoms with van der Waals surface area (Å²) in [5, 5.41) is 5.24. The molecule has 0 aliphatic carbocycles. The van der Waals surface area contributed by atoms with Gasteiger partial charge in [0.2, 0.25) is 0 Å². The fraction of sp³-hybridized carbons (Fsp3) is 0.500. The van der Waals surface area contributed by atoms with Crippen molar-refractivity contribution in [1.29, 1.82) is 0 Å². The van der Waals surface area contributed by atoms with Crippen LogP contribution >= 0.6 is 0 Å². The zero-order chi connectivity index (χ0) is 17.2. The number of nitrogens with one attached hydrogen (secondary N) is 2. The van der Waals surface area contributed by atoms with Gasteiger partial charge in [0.1, 0.15) is 12.4 Å². The highest BCUT2D eigenvalue weighted by atomic mass is 16.5. The first-order valence-corrected chi connectivity index (χ1v) is 7.42. The molecule has 2 N–H and O–H groups in total. The molecular formula is C16H25N3O4. The second kappa shape index (κ2) is 9.68. The molecule has 0 atom stereocenters. The fourth-order valence-corrected chi connectivity index (χ4v) is 1.93. The van der Waals surface area contributed by atoms with Crippen LogP contribution in [0.3, 0.4) is 0 Å². The molecular weight excluding hydrogens is 298 g/mol. The molecule has 0 heterocycles. The van der Waals surface area contributed by atoms with E-state index in [1.54, 1.807) is 25.2 Å². The summed E-state index contributed by atoms with van der Waals surface area (Å²) in [5.74, 6) is 0.314. The van der Waals surface area contributed by atoms with Crippen molar-refractivity contribution in [3.8, 4) is 5.75 Å². The minimum Gasteiger partial charge on any atom is -0.497 e. The Kier molecular flexibility index (Phi) is 7.90. The van der Waals surface area contributed by atoms with E-state index in [1.165, 1.54) is 7.11 Å². The zero-order valence-corrected chi connectivity index (χ0v) is 14.1. The van der Waals surface area contributed by atoms with Gasteiger partial charge >= 0.3 is 6.09 Å². The minimum absolute atomic E-state index is 0.0201. The van der Waals surface area contributed by atoms with E-state index in [0.29, 0.717) is 23.4 Å². The number of carbonyl (C=O) groups is 2. The van der Waals surface area contributed by atoms with Gasteiger partial charge in [-0.15, -0.1) is 0 Å². The maximum Gasteiger partial charge on any atom is 0.407 e. The van der Waals surface area contributed by atoms with Crippen LogP contribution in [0.15, 0.2) is 18.2 Å². The third-order valence-electron chi connectivity index (χ3n) is 3.20. The van der Waals surface area contributed by atoms with Gasteiger partial charge in [-0.3, -0.25) is 4.79 Å². The quantitative estimate of drug-likeness (QED) is 0.704. The van der Waals surface area contributed by atoms with Crippen LogP contribution in [-0.4, -0.2) is 58.2 Å². The molecule has 0 aliphatic heterocycles. The molecule has 0 unspecified atom stereocenters. The van der Waals surface area contributed by atoms with Gasteiger partial charge in [-0.2, -0.15) is 0 Å². The van der Waals surface area contributed by atoms with E-state index in [4.69, 9.17) is 9.47 Å². The summed E-state index contributed by atoms with van der Waals surface area (Å²) in [6.07, 6.45) is 0.344. The van der Waals surface area contributed by atoms with Gasteiger partial charge in [0.15, 0.2) is 0 Å². The molecule has 2 amide bonds. The number of amides is 2. The molecule has 0 saturated heterocycles. The lowest BCUT2D eigenvalue weighted by atomic mass is 10.1. The number of hydrogen-bond donors (Lipinski definition) is 2. The number of methoxy groups -OCH3 is 1. The Hall–Kier alpha value is -2.28. The van der Waals surface area contributed by atoms with Gasteiger partial charge in [0.25, 0.3) is 5.91 Å². The molecule has 7 nitrogen and oxygen atoms in total. The Morgan fingerprint density at radius 2 is 2.00 bits per heavy atom. The van der Waals surface area contributed by atoms with Crippen LogP contribution in [0.5, 0.6) is 5.75 Å². The molecule has 1 aromatic carbocycles. The average Bonchev–Trinajstić information content (AvgIpc) is 2.55. The second-order valence-corrected chi connectivity index (χ2v) is 5.26. The Morgan fingerprint density at radius 3 is 2.61 bits per heavy atom. The monoisotopic (exact) mass is 323 g/mol. The van der Waals surface area contributed by atoms with E-state index < -0.39 is 6.09 Å². The number of hydrogen-bond acceptors (Lipinski definition) is 5. The highest BCUT2D eigenvalue weighted by Crippen LogP contribution is 2.18. The van der Waals surface area contributed by atoms with Crippen molar-refractivity contribution in [2.75, 3.05) is 41.3 Å². The highest BCUT2D eigenvalue weighted by Gasteiger charge is 2.13. The lowest BCUT2D eigenvalue weighted by Gasteiger charge is -2.12. The molecule has 0 saturated carbocycles. The van der Waals surface area contributed by atoms with E-state index >= 15 is 0 Å². The molecule has 0 bridgehead atoms. The maximum atomic E-state index is 11.9. The Morgan fingerprint density at radius 1 is 1.26 bits per heavy atom. The SMILES string of the molecule is CNC(=O)c1cc(OC)ccc1COC(=O)NCCCN(C)C.